The summed E-state index contributed by atoms with van der Waals surface area (Å²) in [6, 6.07) is 15.4. The number of ether oxygens (including phenoxy) is 1. The molecule has 1 unspecified atom stereocenters. The molecule has 0 radical (unpaired) electrons. The Kier molecular flexibility index (Phi) is 6.13. The summed E-state index contributed by atoms with van der Waals surface area (Å²) in [4.78, 5) is 31.1. The number of hydrogen-bond acceptors (Lipinski definition) is 7. The van der Waals surface area contributed by atoms with E-state index in [1.54, 1.807) is 60.4 Å². The highest BCUT2D eigenvalue weighted by Crippen LogP contribution is 2.36. The summed E-state index contributed by atoms with van der Waals surface area (Å²) in [5.41, 5.74) is 12.8. The van der Waals surface area contributed by atoms with Gasteiger partial charge in [0.05, 0.1) is 6.61 Å². The Hall–Kier alpha value is -3.39. The zero-order valence-corrected chi connectivity index (χ0v) is 17.0. The number of hydrogen-bond donors (Lipinski definition) is 2. The van der Waals surface area contributed by atoms with E-state index in [2.05, 4.69) is 4.98 Å². The number of anilines is 3. The summed E-state index contributed by atoms with van der Waals surface area (Å²) in [5.74, 6) is 0.0850. The monoisotopic (exact) mass is 410 g/mol. The number of primary amides is 1. The van der Waals surface area contributed by atoms with Crippen LogP contribution in [0.4, 0.5) is 16.6 Å². The van der Waals surface area contributed by atoms with Gasteiger partial charge in [-0.1, -0.05) is 41.7 Å². The Bertz CT molecular complexity index is 1000. The van der Waals surface area contributed by atoms with Crippen LogP contribution in [0.1, 0.15) is 29.1 Å². The van der Waals surface area contributed by atoms with E-state index in [1.807, 2.05) is 13.0 Å². The van der Waals surface area contributed by atoms with Crippen LogP contribution < -0.4 is 21.1 Å². The molecule has 29 heavy (non-hydrogen) atoms. The normalized spacial score (nSPS) is 11.7. The number of nitrogen functional groups attached to an aromatic ring is 1. The second-order valence-electron chi connectivity index (χ2n) is 6.28. The van der Waals surface area contributed by atoms with Gasteiger partial charge in [0.2, 0.25) is 11.7 Å². The van der Waals surface area contributed by atoms with Crippen LogP contribution >= 0.6 is 11.3 Å². The number of amides is 1. The van der Waals surface area contributed by atoms with Crippen LogP contribution in [0, 0.1) is 0 Å². The van der Waals surface area contributed by atoms with Crippen molar-refractivity contribution in [1.82, 2.24) is 4.98 Å². The molecule has 0 bridgehead atoms. The van der Waals surface area contributed by atoms with Crippen LogP contribution in [0.3, 0.4) is 0 Å². The van der Waals surface area contributed by atoms with E-state index < -0.39 is 11.9 Å². The number of carbonyl (C=O) groups is 2. The fourth-order valence-electron chi connectivity index (χ4n) is 2.80. The maximum atomic E-state index is 12.8. The third kappa shape index (κ3) is 4.38. The minimum absolute atomic E-state index is 0.117. The summed E-state index contributed by atoms with van der Waals surface area (Å²) in [6.45, 7) is 4.13. The quantitative estimate of drug-likeness (QED) is 0.551. The molecule has 4 N–H and O–H groups in total. The predicted octanol–water partition coefficient (Wildman–Crippen LogP) is 3.37. The van der Waals surface area contributed by atoms with Crippen molar-refractivity contribution in [3.63, 3.8) is 0 Å². The number of nitrogens with zero attached hydrogens (tertiary/aromatic N) is 2. The lowest BCUT2D eigenvalue weighted by Crippen LogP contribution is -2.39. The summed E-state index contributed by atoms with van der Waals surface area (Å²) in [5, 5.41) is 0.414. The van der Waals surface area contributed by atoms with Crippen LogP contribution in [0.5, 0.6) is 5.75 Å². The van der Waals surface area contributed by atoms with Crippen LogP contribution in [-0.2, 0) is 4.79 Å². The molecule has 0 fully saturated rings. The van der Waals surface area contributed by atoms with Crippen molar-refractivity contribution >= 4 is 39.7 Å². The first-order valence-corrected chi connectivity index (χ1v) is 9.91. The van der Waals surface area contributed by atoms with Gasteiger partial charge >= 0.3 is 0 Å². The van der Waals surface area contributed by atoms with Crippen molar-refractivity contribution in [2.75, 3.05) is 17.2 Å². The Morgan fingerprint density at radius 1 is 1.14 bits per heavy atom. The second kappa shape index (κ2) is 8.74. The van der Waals surface area contributed by atoms with Crippen molar-refractivity contribution in [3.05, 3.63) is 65.0 Å². The van der Waals surface area contributed by atoms with Crippen LogP contribution in [-0.4, -0.2) is 29.3 Å². The average Bonchev–Trinajstić information content (AvgIpc) is 3.10. The summed E-state index contributed by atoms with van der Waals surface area (Å²) in [7, 11) is 0. The smallest absolute Gasteiger partial charge is 0.240 e. The minimum atomic E-state index is -0.696. The lowest BCUT2D eigenvalue weighted by molar-refractivity contribution is -0.118. The molecule has 150 valence electrons. The number of benzene rings is 2. The molecule has 0 aliphatic rings. The third-order valence-electron chi connectivity index (χ3n) is 4.32. The van der Waals surface area contributed by atoms with Gasteiger partial charge in [-0.15, -0.1) is 0 Å². The lowest BCUT2D eigenvalue weighted by Gasteiger charge is -2.26. The summed E-state index contributed by atoms with van der Waals surface area (Å²) in [6.07, 6.45) is 0. The zero-order chi connectivity index (χ0) is 21.0. The SMILES string of the molecule is CCOc1ccc(N(c2nc(N)c(C(=O)c3ccccc3)s2)C(C)C(N)=O)cc1. The van der Waals surface area contributed by atoms with Gasteiger partial charge in [-0.3, -0.25) is 9.59 Å². The predicted molar refractivity (Wildman–Crippen MR) is 115 cm³/mol. The first-order chi connectivity index (χ1) is 13.9. The molecule has 2 aromatic carbocycles. The molecule has 3 rings (SSSR count). The van der Waals surface area contributed by atoms with E-state index in [-0.39, 0.29) is 11.6 Å². The van der Waals surface area contributed by atoms with Crippen molar-refractivity contribution in [2.24, 2.45) is 5.73 Å². The molecule has 7 nitrogen and oxygen atoms in total. The Morgan fingerprint density at radius 3 is 2.38 bits per heavy atom. The second-order valence-corrected chi connectivity index (χ2v) is 7.26. The topological polar surface area (TPSA) is 112 Å². The number of rotatable bonds is 8. The summed E-state index contributed by atoms with van der Waals surface area (Å²) >= 11 is 1.13. The largest absolute Gasteiger partial charge is 0.494 e. The third-order valence-corrected chi connectivity index (χ3v) is 5.38. The lowest BCUT2D eigenvalue weighted by atomic mass is 10.1. The molecule has 0 saturated heterocycles. The number of nitrogens with two attached hydrogens (primary N) is 2. The molecule has 0 aliphatic heterocycles. The van der Waals surface area contributed by atoms with Gasteiger partial charge in [0, 0.05) is 11.3 Å². The fraction of sp³-hybridized carbons (Fsp3) is 0.190. The molecule has 0 spiro atoms. The maximum Gasteiger partial charge on any atom is 0.240 e. The first kappa shape index (κ1) is 20.3. The highest BCUT2D eigenvalue weighted by Gasteiger charge is 2.27. The van der Waals surface area contributed by atoms with Gasteiger partial charge in [0.25, 0.3) is 0 Å². The van der Waals surface area contributed by atoms with E-state index in [1.165, 1.54) is 0 Å². The van der Waals surface area contributed by atoms with Gasteiger partial charge in [-0.25, -0.2) is 4.98 Å². The highest BCUT2D eigenvalue weighted by atomic mass is 32.1. The zero-order valence-electron chi connectivity index (χ0n) is 16.2. The first-order valence-electron chi connectivity index (χ1n) is 9.09. The van der Waals surface area contributed by atoms with Gasteiger partial charge in [-0.2, -0.15) is 0 Å². The average molecular weight is 410 g/mol. The van der Waals surface area contributed by atoms with Gasteiger partial charge in [0.15, 0.2) is 5.13 Å². The molecule has 1 aromatic heterocycles. The number of ketones is 1. The fourth-order valence-corrected chi connectivity index (χ4v) is 3.85. The van der Waals surface area contributed by atoms with Crippen molar-refractivity contribution in [1.29, 1.82) is 0 Å². The van der Waals surface area contributed by atoms with Crippen molar-refractivity contribution in [2.45, 2.75) is 19.9 Å². The van der Waals surface area contributed by atoms with E-state index in [4.69, 9.17) is 16.2 Å². The van der Waals surface area contributed by atoms with Crippen LogP contribution in [0.15, 0.2) is 54.6 Å². The molecule has 1 atom stereocenters. The Labute approximate surface area is 172 Å². The molecule has 8 heteroatoms. The standard InChI is InChI=1S/C21H22N4O3S/c1-3-28-16-11-9-15(10-12-16)25(13(2)20(23)27)21-24-19(22)18(29-21)17(26)14-7-5-4-6-8-14/h4-13H,3,22H2,1-2H3,(H2,23,27). The van der Waals surface area contributed by atoms with Gasteiger partial charge in [0.1, 0.15) is 22.5 Å². The van der Waals surface area contributed by atoms with E-state index in [9.17, 15) is 9.59 Å². The van der Waals surface area contributed by atoms with Gasteiger partial charge in [-0.05, 0) is 38.1 Å². The van der Waals surface area contributed by atoms with Gasteiger partial charge < -0.3 is 21.1 Å². The molecular weight excluding hydrogens is 388 g/mol. The minimum Gasteiger partial charge on any atom is -0.494 e. The number of thiazole rings is 1. The van der Waals surface area contributed by atoms with Crippen LogP contribution in [0.25, 0.3) is 0 Å². The highest BCUT2D eigenvalue weighted by molar-refractivity contribution is 7.18. The molecular formula is C21H22N4O3S. The summed E-state index contributed by atoms with van der Waals surface area (Å²) < 4.78 is 5.47. The van der Waals surface area contributed by atoms with E-state index >= 15 is 0 Å². The Morgan fingerprint density at radius 2 is 1.79 bits per heavy atom. The van der Waals surface area contributed by atoms with Crippen molar-refractivity contribution in [3.8, 4) is 5.75 Å². The number of aromatic nitrogens is 1. The van der Waals surface area contributed by atoms with Crippen LogP contribution in [0.2, 0.25) is 0 Å². The van der Waals surface area contributed by atoms with Crippen molar-refractivity contribution < 1.29 is 14.3 Å². The molecule has 3 aromatic rings. The molecule has 1 heterocycles. The Balaban J connectivity index is 2.01. The molecule has 1 amide bonds. The maximum absolute atomic E-state index is 12.8. The van der Waals surface area contributed by atoms with E-state index in [0.29, 0.717) is 33.6 Å². The molecule has 0 aliphatic carbocycles. The molecule has 0 saturated carbocycles. The van der Waals surface area contributed by atoms with E-state index in [0.717, 1.165) is 11.3 Å². The number of carbonyl (C=O) groups excluding carboxylic acids is 2.